The van der Waals surface area contributed by atoms with Crippen LogP contribution in [0.15, 0.2) is 70.1 Å². The molecule has 2 heterocycles. The molecule has 0 radical (unpaired) electrons. The largest absolute Gasteiger partial charge is 0.505 e. The molecule has 4 rings (SSSR count). The molecule has 1 aliphatic heterocycles. The number of aromatic hydroxyl groups is 1. The van der Waals surface area contributed by atoms with Gasteiger partial charge in [0, 0.05) is 11.8 Å². The summed E-state index contributed by atoms with van der Waals surface area (Å²) in [4.78, 5) is 27.9. The first-order chi connectivity index (χ1) is 15.8. The number of hydrazone groups is 1. The molecule has 166 valence electrons. The van der Waals surface area contributed by atoms with Crippen LogP contribution in [0.3, 0.4) is 0 Å². The molecule has 3 aromatic rings. The average Bonchev–Trinajstić information content (AvgIpc) is 3.08. The lowest BCUT2D eigenvalue weighted by Gasteiger charge is -2.14. The van der Waals surface area contributed by atoms with Gasteiger partial charge in [-0.05, 0) is 67.8 Å². The third-order valence-corrected chi connectivity index (χ3v) is 5.42. The number of aromatic carboxylic acids is 1. The zero-order valence-corrected chi connectivity index (χ0v) is 18.2. The monoisotopic (exact) mass is 443 g/mol. The first-order valence-corrected chi connectivity index (χ1v) is 10.1. The number of amides is 1. The molecule has 33 heavy (non-hydrogen) atoms. The van der Waals surface area contributed by atoms with Crippen LogP contribution >= 0.6 is 0 Å². The number of hydrogen-bond donors (Lipinski definition) is 2. The molecular weight excluding hydrogens is 422 g/mol. The number of nitrogens with zero attached hydrogens (tertiary/aromatic N) is 5. The second kappa shape index (κ2) is 8.62. The predicted molar refractivity (Wildman–Crippen MR) is 123 cm³/mol. The second-order valence-corrected chi connectivity index (χ2v) is 7.69. The van der Waals surface area contributed by atoms with E-state index < -0.39 is 12.0 Å². The summed E-state index contributed by atoms with van der Waals surface area (Å²) in [5.41, 5.74) is 4.13. The van der Waals surface area contributed by atoms with Gasteiger partial charge >= 0.3 is 5.97 Å². The maximum atomic E-state index is 12.9. The fourth-order valence-corrected chi connectivity index (χ4v) is 3.41. The van der Waals surface area contributed by atoms with Crippen LogP contribution in [-0.2, 0) is 4.79 Å². The molecule has 0 spiro atoms. The third kappa shape index (κ3) is 4.20. The van der Waals surface area contributed by atoms with Crippen molar-refractivity contribution in [2.45, 2.75) is 26.8 Å². The number of phenols is 1. The van der Waals surface area contributed by atoms with Crippen molar-refractivity contribution in [3.63, 3.8) is 0 Å². The highest BCUT2D eigenvalue weighted by Crippen LogP contribution is 2.37. The van der Waals surface area contributed by atoms with Crippen molar-refractivity contribution in [2.75, 3.05) is 5.01 Å². The minimum absolute atomic E-state index is 0.145. The standard InChI is InChI=1S/C24H21N5O4/c1-13-7-8-17(11-14(13)2)29-23(31)21(15(3)28-29)27-26-19-6-4-5-18(22(19)30)16-9-10-25-20(12-16)24(32)33/h4-12,21,30H,1-3H3,(H,32,33). The molecule has 0 aliphatic carbocycles. The number of carboxylic acid groups (broad SMARTS) is 1. The van der Waals surface area contributed by atoms with Gasteiger partial charge in [-0.25, -0.2) is 9.78 Å². The van der Waals surface area contributed by atoms with E-state index in [1.807, 2.05) is 32.0 Å². The first kappa shape index (κ1) is 21.8. The molecule has 2 N–H and O–H groups in total. The van der Waals surface area contributed by atoms with Crippen LogP contribution in [0.2, 0.25) is 0 Å². The Kier molecular flexibility index (Phi) is 5.70. The van der Waals surface area contributed by atoms with Crippen molar-refractivity contribution in [3.05, 3.63) is 71.5 Å². The van der Waals surface area contributed by atoms with E-state index in [2.05, 4.69) is 20.3 Å². The third-order valence-electron chi connectivity index (χ3n) is 5.42. The van der Waals surface area contributed by atoms with Crippen LogP contribution < -0.4 is 5.01 Å². The van der Waals surface area contributed by atoms with Gasteiger partial charge in [0.15, 0.2) is 11.8 Å². The van der Waals surface area contributed by atoms with E-state index in [9.17, 15) is 14.7 Å². The van der Waals surface area contributed by atoms with Gasteiger partial charge < -0.3 is 10.2 Å². The number of azo groups is 1. The molecule has 9 nitrogen and oxygen atoms in total. The van der Waals surface area contributed by atoms with Gasteiger partial charge in [0.1, 0.15) is 11.4 Å². The zero-order chi connectivity index (χ0) is 23.7. The van der Waals surface area contributed by atoms with E-state index in [1.165, 1.54) is 17.3 Å². The summed E-state index contributed by atoms with van der Waals surface area (Å²) in [6, 6.07) is 12.5. The van der Waals surface area contributed by atoms with Crippen LogP contribution in [0.4, 0.5) is 11.4 Å². The summed E-state index contributed by atoms with van der Waals surface area (Å²) in [5.74, 6) is -1.69. The fourth-order valence-electron chi connectivity index (χ4n) is 3.41. The first-order valence-electron chi connectivity index (χ1n) is 10.1. The van der Waals surface area contributed by atoms with Crippen molar-refractivity contribution < 1.29 is 19.8 Å². The number of anilines is 1. The number of carbonyl (C=O) groups excluding carboxylic acids is 1. The summed E-state index contributed by atoms with van der Waals surface area (Å²) in [5, 5.41) is 33.8. The molecule has 1 unspecified atom stereocenters. The quantitative estimate of drug-likeness (QED) is 0.555. The number of rotatable bonds is 5. The van der Waals surface area contributed by atoms with Crippen molar-refractivity contribution in [3.8, 4) is 16.9 Å². The van der Waals surface area contributed by atoms with E-state index in [-0.39, 0.29) is 23.0 Å². The maximum Gasteiger partial charge on any atom is 0.354 e. The molecule has 0 fully saturated rings. The number of carboxylic acids is 1. The number of aromatic nitrogens is 1. The van der Waals surface area contributed by atoms with Gasteiger partial charge in [-0.1, -0.05) is 18.2 Å². The Morgan fingerprint density at radius 3 is 2.58 bits per heavy atom. The van der Waals surface area contributed by atoms with Crippen molar-refractivity contribution in [2.24, 2.45) is 15.3 Å². The molecule has 0 saturated carbocycles. The van der Waals surface area contributed by atoms with Gasteiger partial charge in [-0.2, -0.15) is 20.3 Å². The topological polar surface area (TPSA) is 128 Å². The number of phenolic OH excluding ortho intramolecular Hbond substituents is 1. The Labute approximate surface area is 189 Å². The Balaban J connectivity index is 1.61. The number of carbonyl (C=O) groups is 2. The molecule has 1 aliphatic rings. The number of pyridine rings is 1. The Morgan fingerprint density at radius 1 is 1.06 bits per heavy atom. The average molecular weight is 443 g/mol. The van der Waals surface area contributed by atoms with Crippen LogP contribution in [0, 0.1) is 13.8 Å². The highest BCUT2D eigenvalue weighted by atomic mass is 16.4. The number of para-hydroxylation sites is 1. The summed E-state index contributed by atoms with van der Waals surface area (Å²) in [7, 11) is 0. The number of benzene rings is 2. The molecule has 0 bridgehead atoms. The van der Waals surface area contributed by atoms with Gasteiger partial charge in [0.25, 0.3) is 5.91 Å². The summed E-state index contributed by atoms with van der Waals surface area (Å²) < 4.78 is 0. The molecule has 0 saturated heterocycles. The normalized spacial score (nSPS) is 15.8. The molecule has 1 atom stereocenters. The van der Waals surface area contributed by atoms with E-state index in [0.717, 1.165) is 11.1 Å². The minimum Gasteiger partial charge on any atom is -0.505 e. The Morgan fingerprint density at radius 2 is 1.85 bits per heavy atom. The van der Waals surface area contributed by atoms with Crippen molar-refractivity contribution in [1.29, 1.82) is 0 Å². The van der Waals surface area contributed by atoms with E-state index in [4.69, 9.17) is 5.11 Å². The number of hydrogen-bond acceptors (Lipinski definition) is 7. The second-order valence-electron chi connectivity index (χ2n) is 7.69. The van der Waals surface area contributed by atoms with Crippen LogP contribution in [0.1, 0.15) is 28.5 Å². The highest BCUT2D eigenvalue weighted by molar-refractivity contribution is 6.18. The molecule has 2 aromatic carbocycles. The molecular formula is C24H21N5O4. The molecule has 1 amide bonds. The lowest BCUT2D eigenvalue weighted by Crippen LogP contribution is -2.29. The Hall–Kier alpha value is -4.40. The van der Waals surface area contributed by atoms with Gasteiger partial charge in [0.05, 0.1) is 11.4 Å². The fraction of sp³-hybridized carbons (Fsp3) is 0.167. The number of aryl methyl sites for hydroxylation is 2. The summed E-state index contributed by atoms with van der Waals surface area (Å²) in [6.07, 6.45) is 1.35. The van der Waals surface area contributed by atoms with Gasteiger partial charge in [-0.3, -0.25) is 4.79 Å². The van der Waals surface area contributed by atoms with Gasteiger partial charge in [0.2, 0.25) is 0 Å². The Bertz CT molecular complexity index is 1330. The van der Waals surface area contributed by atoms with Crippen molar-refractivity contribution >= 4 is 29.0 Å². The molecule has 9 heteroatoms. The SMILES string of the molecule is CC1=NN(c2ccc(C)c(C)c2)C(=O)C1N=Nc1cccc(-c2ccnc(C(=O)O)c2)c1O. The smallest absolute Gasteiger partial charge is 0.354 e. The lowest BCUT2D eigenvalue weighted by molar-refractivity contribution is -0.117. The highest BCUT2D eigenvalue weighted by Gasteiger charge is 2.35. The molecule has 1 aromatic heterocycles. The maximum absolute atomic E-state index is 12.9. The van der Waals surface area contributed by atoms with Crippen LogP contribution in [0.5, 0.6) is 5.75 Å². The summed E-state index contributed by atoms with van der Waals surface area (Å²) >= 11 is 0. The van der Waals surface area contributed by atoms with Crippen LogP contribution in [-0.4, -0.2) is 38.8 Å². The van der Waals surface area contributed by atoms with Crippen LogP contribution in [0.25, 0.3) is 11.1 Å². The van der Waals surface area contributed by atoms with E-state index >= 15 is 0 Å². The van der Waals surface area contributed by atoms with E-state index in [1.54, 1.807) is 31.2 Å². The minimum atomic E-state index is -1.17. The summed E-state index contributed by atoms with van der Waals surface area (Å²) in [6.45, 7) is 5.65. The van der Waals surface area contributed by atoms with E-state index in [0.29, 0.717) is 22.5 Å². The van der Waals surface area contributed by atoms with Crippen molar-refractivity contribution in [1.82, 2.24) is 4.98 Å². The van der Waals surface area contributed by atoms with Gasteiger partial charge in [-0.15, -0.1) is 0 Å². The zero-order valence-electron chi connectivity index (χ0n) is 18.2. The predicted octanol–water partition coefficient (Wildman–Crippen LogP) is 4.64. The lowest BCUT2D eigenvalue weighted by atomic mass is 10.0.